The average Bonchev–Trinajstić information content (AvgIpc) is 2.39. The fourth-order valence-electron chi connectivity index (χ4n) is 2.46. The monoisotopic (exact) mass is 341 g/mol. The largest absolute Gasteiger partial charge is 0.366 e. The van der Waals surface area contributed by atoms with Crippen LogP contribution < -0.4 is 10.2 Å². The van der Waals surface area contributed by atoms with Crippen molar-refractivity contribution in [2.45, 2.75) is 25.8 Å². The number of rotatable bonds is 3. The molecule has 0 atom stereocenters. The topological polar surface area (TPSA) is 75.5 Å². The first-order valence-electron chi connectivity index (χ1n) is 6.43. The molecule has 1 fully saturated rings. The second-order valence-electron chi connectivity index (χ2n) is 4.85. The van der Waals surface area contributed by atoms with Crippen LogP contribution in [0.2, 0.25) is 0 Å². The number of nitro benzene ring substituents is 1. The molecule has 1 aliphatic rings. The highest BCUT2D eigenvalue weighted by molar-refractivity contribution is 9.10. The van der Waals surface area contributed by atoms with E-state index in [0.717, 1.165) is 12.8 Å². The van der Waals surface area contributed by atoms with Gasteiger partial charge in [-0.25, -0.2) is 0 Å². The van der Waals surface area contributed by atoms with Crippen molar-refractivity contribution in [1.82, 2.24) is 5.32 Å². The van der Waals surface area contributed by atoms with E-state index in [2.05, 4.69) is 21.2 Å². The second kappa shape index (κ2) is 6.21. The number of hydrogen-bond donors (Lipinski definition) is 1. The molecule has 1 heterocycles. The number of halogens is 1. The summed E-state index contributed by atoms with van der Waals surface area (Å²) in [5.74, 6) is -0.0296. The summed E-state index contributed by atoms with van der Waals surface area (Å²) in [5.41, 5.74) is 0.747. The number of benzene rings is 1. The van der Waals surface area contributed by atoms with E-state index in [4.69, 9.17) is 0 Å². The smallest absolute Gasteiger partial charge is 0.293 e. The molecule has 0 unspecified atom stereocenters. The number of carbonyl (C=O) groups excluding carboxylic acids is 1. The van der Waals surface area contributed by atoms with Crippen molar-refractivity contribution in [3.63, 3.8) is 0 Å². The van der Waals surface area contributed by atoms with Crippen molar-refractivity contribution < 1.29 is 9.72 Å². The molecule has 6 nitrogen and oxygen atoms in total. The highest BCUT2D eigenvalue weighted by atomic mass is 79.9. The number of amides is 1. The number of piperidine rings is 1. The Morgan fingerprint density at radius 2 is 2.10 bits per heavy atom. The van der Waals surface area contributed by atoms with Gasteiger partial charge in [-0.15, -0.1) is 0 Å². The van der Waals surface area contributed by atoms with Gasteiger partial charge >= 0.3 is 0 Å². The van der Waals surface area contributed by atoms with Crippen molar-refractivity contribution in [3.8, 4) is 0 Å². The second-order valence-corrected chi connectivity index (χ2v) is 5.77. The van der Waals surface area contributed by atoms with Crippen molar-refractivity contribution in [1.29, 1.82) is 0 Å². The van der Waals surface area contributed by atoms with Crippen molar-refractivity contribution in [3.05, 3.63) is 32.8 Å². The molecule has 20 heavy (non-hydrogen) atoms. The third-order valence-corrected chi connectivity index (χ3v) is 3.87. The predicted molar refractivity (Wildman–Crippen MR) is 79.8 cm³/mol. The predicted octanol–water partition coefficient (Wildman–Crippen LogP) is 2.46. The molecular weight excluding hydrogens is 326 g/mol. The minimum atomic E-state index is -0.361. The van der Waals surface area contributed by atoms with Crippen LogP contribution in [-0.2, 0) is 4.79 Å². The Kier molecular flexibility index (Phi) is 4.59. The van der Waals surface area contributed by atoms with Crippen LogP contribution in [0.4, 0.5) is 11.4 Å². The van der Waals surface area contributed by atoms with Gasteiger partial charge in [0.15, 0.2) is 0 Å². The maximum atomic E-state index is 11.1. The minimum absolute atomic E-state index is 0.0296. The fourth-order valence-corrected chi connectivity index (χ4v) is 2.81. The minimum Gasteiger partial charge on any atom is -0.366 e. The van der Waals surface area contributed by atoms with E-state index in [0.29, 0.717) is 23.2 Å². The Hall–Kier alpha value is -1.63. The van der Waals surface area contributed by atoms with Gasteiger partial charge in [0.2, 0.25) is 5.91 Å². The lowest BCUT2D eigenvalue weighted by atomic mass is 10.0. The summed E-state index contributed by atoms with van der Waals surface area (Å²) >= 11 is 3.25. The molecule has 0 saturated carbocycles. The number of nitro groups is 1. The molecule has 1 saturated heterocycles. The molecule has 1 aliphatic heterocycles. The molecule has 108 valence electrons. The first kappa shape index (κ1) is 14.8. The van der Waals surface area contributed by atoms with Crippen LogP contribution in [0.3, 0.4) is 0 Å². The Labute approximate surface area is 125 Å². The van der Waals surface area contributed by atoms with Crippen LogP contribution in [0.15, 0.2) is 22.7 Å². The van der Waals surface area contributed by atoms with Crippen LogP contribution in [0.5, 0.6) is 0 Å². The molecule has 7 heteroatoms. The number of nitrogens with one attached hydrogen (secondary N) is 1. The summed E-state index contributed by atoms with van der Waals surface area (Å²) < 4.78 is 0.695. The van der Waals surface area contributed by atoms with E-state index in [-0.39, 0.29) is 22.6 Å². The highest BCUT2D eigenvalue weighted by Gasteiger charge is 2.25. The van der Waals surface area contributed by atoms with Gasteiger partial charge in [0.25, 0.3) is 5.69 Å². The molecule has 0 aliphatic carbocycles. The summed E-state index contributed by atoms with van der Waals surface area (Å²) in [4.78, 5) is 23.8. The fraction of sp³-hybridized carbons (Fsp3) is 0.462. The van der Waals surface area contributed by atoms with Crippen LogP contribution in [0.1, 0.15) is 19.8 Å². The standard InChI is InChI=1S/C13H16BrN3O3/c1-9(18)15-11-4-6-16(7-5-11)12-3-2-10(14)8-13(12)17(19)20/h2-3,8,11H,4-7H2,1H3,(H,15,18). The highest BCUT2D eigenvalue weighted by Crippen LogP contribution is 2.32. The van der Waals surface area contributed by atoms with Crippen LogP contribution in [0, 0.1) is 10.1 Å². The molecule has 0 spiro atoms. The van der Waals surface area contributed by atoms with Crippen LogP contribution in [0.25, 0.3) is 0 Å². The maximum Gasteiger partial charge on any atom is 0.293 e. The van der Waals surface area contributed by atoms with E-state index in [1.807, 2.05) is 11.0 Å². The summed E-state index contributed by atoms with van der Waals surface area (Å²) in [6.07, 6.45) is 1.60. The number of carbonyl (C=O) groups is 1. The molecule has 1 N–H and O–H groups in total. The van der Waals surface area contributed by atoms with Crippen molar-refractivity contribution >= 4 is 33.2 Å². The maximum absolute atomic E-state index is 11.1. The zero-order chi connectivity index (χ0) is 14.7. The lowest BCUT2D eigenvalue weighted by Gasteiger charge is -2.33. The first-order chi connectivity index (χ1) is 9.47. The average molecular weight is 342 g/mol. The molecule has 1 aromatic rings. The first-order valence-corrected chi connectivity index (χ1v) is 7.22. The molecule has 0 radical (unpaired) electrons. The summed E-state index contributed by atoms with van der Waals surface area (Å²) in [6, 6.07) is 5.26. The van der Waals surface area contributed by atoms with Gasteiger partial charge in [-0.05, 0) is 25.0 Å². The Morgan fingerprint density at radius 3 is 2.65 bits per heavy atom. The van der Waals surface area contributed by atoms with Crippen LogP contribution in [-0.4, -0.2) is 30.0 Å². The van der Waals surface area contributed by atoms with E-state index < -0.39 is 0 Å². The van der Waals surface area contributed by atoms with Crippen LogP contribution >= 0.6 is 15.9 Å². The van der Waals surface area contributed by atoms with Gasteiger partial charge < -0.3 is 10.2 Å². The van der Waals surface area contributed by atoms with E-state index in [9.17, 15) is 14.9 Å². The summed E-state index contributed by atoms with van der Waals surface area (Å²) in [7, 11) is 0. The number of anilines is 1. The van der Waals surface area contributed by atoms with Gasteiger partial charge in [0.05, 0.1) is 4.92 Å². The lowest BCUT2D eigenvalue weighted by molar-refractivity contribution is -0.384. The van der Waals surface area contributed by atoms with Gasteiger partial charge in [-0.2, -0.15) is 0 Å². The van der Waals surface area contributed by atoms with E-state index in [1.54, 1.807) is 6.07 Å². The quantitative estimate of drug-likeness (QED) is 0.676. The molecule has 2 rings (SSSR count). The van der Waals surface area contributed by atoms with Crippen molar-refractivity contribution in [2.75, 3.05) is 18.0 Å². The zero-order valence-corrected chi connectivity index (χ0v) is 12.7. The van der Waals surface area contributed by atoms with Crippen molar-refractivity contribution in [2.24, 2.45) is 0 Å². The molecule has 1 aromatic carbocycles. The molecule has 1 amide bonds. The summed E-state index contributed by atoms with van der Waals surface area (Å²) in [5, 5.41) is 14.0. The SMILES string of the molecule is CC(=O)NC1CCN(c2ccc(Br)cc2[N+](=O)[O-])CC1. The van der Waals surface area contributed by atoms with Gasteiger partial charge in [-0.1, -0.05) is 15.9 Å². The molecular formula is C13H16BrN3O3. The zero-order valence-electron chi connectivity index (χ0n) is 11.1. The van der Waals surface area contributed by atoms with Gasteiger partial charge in [0.1, 0.15) is 5.69 Å². The number of hydrogen-bond acceptors (Lipinski definition) is 4. The third kappa shape index (κ3) is 3.47. The Bertz CT molecular complexity index is 528. The summed E-state index contributed by atoms with van der Waals surface area (Å²) in [6.45, 7) is 2.91. The molecule has 0 aromatic heterocycles. The van der Waals surface area contributed by atoms with E-state index in [1.165, 1.54) is 13.0 Å². The lowest BCUT2D eigenvalue weighted by Crippen LogP contribution is -2.44. The van der Waals surface area contributed by atoms with Gasteiger partial charge in [-0.3, -0.25) is 14.9 Å². The van der Waals surface area contributed by atoms with Gasteiger partial charge in [0, 0.05) is 36.6 Å². The normalized spacial score (nSPS) is 16.0. The Balaban J connectivity index is 2.11. The third-order valence-electron chi connectivity index (χ3n) is 3.38. The number of nitrogens with zero attached hydrogens (tertiary/aromatic N) is 2. The molecule has 0 bridgehead atoms. The Morgan fingerprint density at radius 1 is 1.45 bits per heavy atom. The van der Waals surface area contributed by atoms with E-state index >= 15 is 0 Å².